The van der Waals surface area contributed by atoms with Gasteiger partial charge in [0.2, 0.25) is 5.91 Å². The maximum atomic E-state index is 14.5. The number of carbonyl (C=O) groups is 2. The van der Waals surface area contributed by atoms with Crippen LogP contribution in [0.5, 0.6) is 0 Å². The third-order valence-electron chi connectivity index (χ3n) is 5.24. The van der Waals surface area contributed by atoms with E-state index in [-0.39, 0.29) is 29.1 Å². The largest absolute Gasteiger partial charge is 0.366 e. The van der Waals surface area contributed by atoms with Gasteiger partial charge in [-0.3, -0.25) is 14.2 Å². The van der Waals surface area contributed by atoms with E-state index in [4.69, 9.17) is 5.73 Å². The first-order chi connectivity index (χ1) is 15.0. The van der Waals surface area contributed by atoms with Gasteiger partial charge in [0.25, 0.3) is 5.91 Å². The molecule has 0 atom stereocenters. The maximum absolute atomic E-state index is 14.5. The van der Waals surface area contributed by atoms with E-state index < -0.39 is 5.91 Å². The smallest absolute Gasteiger partial charge is 0.251 e. The number of primary amides is 1. The fraction of sp³-hybridized carbons (Fsp3) is 0.333. The summed E-state index contributed by atoms with van der Waals surface area (Å²) in [6.45, 7) is 0. The van der Waals surface area contributed by atoms with Crippen LogP contribution in [-0.4, -0.2) is 32.3 Å². The monoisotopic (exact) mass is 459 g/mol. The van der Waals surface area contributed by atoms with Gasteiger partial charge in [-0.25, -0.2) is 4.39 Å². The molecule has 1 aliphatic carbocycles. The highest BCUT2D eigenvalue weighted by atomic mass is 32.2. The molecule has 10 heteroatoms. The maximum Gasteiger partial charge on any atom is 0.251 e. The summed E-state index contributed by atoms with van der Waals surface area (Å²) in [6, 6.07) is 8.27. The van der Waals surface area contributed by atoms with Crippen LogP contribution in [0.3, 0.4) is 0 Å². The normalized spacial score (nSPS) is 14.5. The van der Waals surface area contributed by atoms with Crippen LogP contribution in [0.25, 0.3) is 11.4 Å². The fourth-order valence-corrected chi connectivity index (χ4v) is 5.38. The number of anilines is 1. The van der Waals surface area contributed by atoms with Gasteiger partial charge >= 0.3 is 0 Å². The molecular weight excluding hydrogens is 437 g/mol. The van der Waals surface area contributed by atoms with Crippen LogP contribution in [0.2, 0.25) is 0 Å². The van der Waals surface area contributed by atoms with Crippen molar-refractivity contribution in [2.24, 2.45) is 5.73 Å². The predicted octanol–water partition coefficient (Wildman–Crippen LogP) is 4.48. The summed E-state index contributed by atoms with van der Waals surface area (Å²) in [7, 11) is 0. The van der Waals surface area contributed by atoms with E-state index in [1.807, 2.05) is 4.57 Å². The Labute approximate surface area is 187 Å². The summed E-state index contributed by atoms with van der Waals surface area (Å²) < 4.78 is 16.5. The molecule has 2 heterocycles. The van der Waals surface area contributed by atoms with Crippen molar-refractivity contribution < 1.29 is 14.0 Å². The van der Waals surface area contributed by atoms with Crippen LogP contribution in [0.4, 0.5) is 9.39 Å². The van der Waals surface area contributed by atoms with Crippen LogP contribution >= 0.6 is 23.1 Å². The lowest BCUT2D eigenvalue weighted by Crippen LogP contribution is -2.19. The number of nitrogens with zero attached hydrogens (tertiary/aromatic N) is 3. The second-order valence-electron chi connectivity index (χ2n) is 7.31. The molecule has 0 unspecified atom stereocenters. The highest BCUT2D eigenvalue weighted by Gasteiger charge is 2.25. The first-order valence-corrected chi connectivity index (χ1v) is 11.9. The molecule has 1 aromatic carbocycles. The Morgan fingerprint density at radius 1 is 1.19 bits per heavy atom. The highest BCUT2D eigenvalue weighted by Crippen LogP contribution is 2.36. The molecule has 1 aliphatic rings. The van der Waals surface area contributed by atoms with Gasteiger partial charge in [0, 0.05) is 6.04 Å². The Morgan fingerprint density at radius 2 is 1.97 bits per heavy atom. The van der Waals surface area contributed by atoms with Crippen LogP contribution in [0.15, 0.2) is 40.9 Å². The fourth-order valence-electron chi connectivity index (χ4n) is 3.76. The van der Waals surface area contributed by atoms with Crippen molar-refractivity contribution in [3.05, 3.63) is 47.1 Å². The Morgan fingerprint density at radius 3 is 2.71 bits per heavy atom. The number of amides is 2. The van der Waals surface area contributed by atoms with E-state index >= 15 is 0 Å². The molecule has 2 aromatic heterocycles. The number of thioether (sulfide) groups is 1. The van der Waals surface area contributed by atoms with Crippen molar-refractivity contribution in [2.75, 3.05) is 11.1 Å². The molecule has 1 fully saturated rings. The molecule has 7 nitrogen and oxygen atoms in total. The quantitative estimate of drug-likeness (QED) is 0.507. The third-order valence-corrected chi connectivity index (χ3v) is 7.01. The van der Waals surface area contributed by atoms with Crippen LogP contribution in [0.1, 0.15) is 48.5 Å². The molecule has 31 heavy (non-hydrogen) atoms. The van der Waals surface area contributed by atoms with Crippen molar-refractivity contribution >= 4 is 39.9 Å². The molecule has 2 amide bonds. The molecular formula is C21H22FN5O2S2. The number of hydrogen-bond donors (Lipinski definition) is 2. The second-order valence-corrected chi connectivity index (χ2v) is 9.17. The van der Waals surface area contributed by atoms with E-state index in [1.165, 1.54) is 35.6 Å². The number of nitrogens with one attached hydrogen (secondary N) is 1. The van der Waals surface area contributed by atoms with Gasteiger partial charge in [-0.2, -0.15) is 0 Å². The highest BCUT2D eigenvalue weighted by molar-refractivity contribution is 7.99. The number of thiophene rings is 1. The first kappa shape index (κ1) is 21.5. The van der Waals surface area contributed by atoms with E-state index in [0.717, 1.165) is 25.7 Å². The van der Waals surface area contributed by atoms with E-state index in [9.17, 15) is 14.0 Å². The average Bonchev–Trinajstić information content (AvgIpc) is 3.40. The molecule has 1 saturated carbocycles. The van der Waals surface area contributed by atoms with E-state index in [1.54, 1.807) is 29.6 Å². The van der Waals surface area contributed by atoms with Gasteiger partial charge in [-0.15, -0.1) is 21.5 Å². The van der Waals surface area contributed by atoms with Gasteiger partial charge in [-0.1, -0.05) is 43.2 Å². The van der Waals surface area contributed by atoms with Crippen LogP contribution < -0.4 is 11.1 Å². The van der Waals surface area contributed by atoms with Gasteiger partial charge in [0.15, 0.2) is 11.0 Å². The van der Waals surface area contributed by atoms with Crippen molar-refractivity contribution in [3.8, 4) is 11.4 Å². The van der Waals surface area contributed by atoms with Gasteiger partial charge in [0.1, 0.15) is 10.8 Å². The Bertz CT molecular complexity index is 1090. The summed E-state index contributed by atoms with van der Waals surface area (Å²) in [4.78, 5) is 23.9. The molecule has 0 bridgehead atoms. The van der Waals surface area contributed by atoms with Gasteiger partial charge < -0.3 is 11.1 Å². The number of benzene rings is 1. The third kappa shape index (κ3) is 4.80. The molecule has 3 aromatic rings. The zero-order valence-electron chi connectivity index (χ0n) is 16.7. The summed E-state index contributed by atoms with van der Waals surface area (Å²) in [5.41, 5.74) is 6.02. The molecule has 162 valence electrons. The zero-order chi connectivity index (χ0) is 21.8. The minimum atomic E-state index is -0.587. The number of rotatable bonds is 7. The Balaban J connectivity index is 1.55. The van der Waals surface area contributed by atoms with Gasteiger partial charge in [-0.05, 0) is 36.4 Å². The minimum absolute atomic E-state index is 0.0816. The average molecular weight is 460 g/mol. The minimum Gasteiger partial charge on any atom is -0.366 e. The lowest BCUT2D eigenvalue weighted by Gasteiger charge is -2.25. The first-order valence-electron chi connectivity index (χ1n) is 10.0. The number of aromatic nitrogens is 3. The summed E-state index contributed by atoms with van der Waals surface area (Å²) in [5.74, 6) is -0.644. The number of halogens is 1. The molecule has 0 spiro atoms. The molecule has 0 saturated heterocycles. The van der Waals surface area contributed by atoms with Crippen molar-refractivity contribution in [3.63, 3.8) is 0 Å². The number of carbonyl (C=O) groups excluding carboxylic acids is 2. The van der Waals surface area contributed by atoms with E-state index in [2.05, 4.69) is 15.5 Å². The molecule has 0 aliphatic heterocycles. The molecule has 3 N–H and O–H groups in total. The molecule has 4 rings (SSSR count). The van der Waals surface area contributed by atoms with Crippen molar-refractivity contribution in [2.45, 2.75) is 43.3 Å². The standard InChI is InChI=1S/C21H22FN5O2S2/c22-16-9-5-4-8-14(16)19-25-26-21(27(19)13-6-2-1-3-7-13)31-12-17(28)24-20-15(18(23)29)10-11-30-20/h4-5,8-11,13H,1-3,6-7,12H2,(H2,23,29)(H,24,28). The molecule has 0 radical (unpaired) electrons. The lowest BCUT2D eigenvalue weighted by molar-refractivity contribution is -0.113. The zero-order valence-corrected chi connectivity index (χ0v) is 18.3. The second kappa shape index (κ2) is 9.61. The van der Waals surface area contributed by atoms with Crippen LogP contribution in [-0.2, 0) is 4.79 Å². The number of nitrogens with two attached hydrogens (primary N) is 1. The number of hydrogen-bond acceptors (Lipinski definition) is 6. The summed E-state index contributed by atoms with van der Waals surface area (Å²) >= 11 is 2.49. The summed E-state index contributed by atoms with van der Waals surface area (Å²) in [5, 5.41) is 14.0. The topological polar surface area (TPSA) is 103 Å². The van der Waals surface area contributed by atoms with Crippen LogP contribution in [0, 0.1) is 5.82 Å². The Kier molecular flexibility index (Phi) is 6.67. The van der Waals surface area contributed by atoms with Crippen molar-refractivity contribution in [1.29, 1.82) is 0 Å². The summed E-state index contributed by atoms with van der Waals surface area (Å²) in [6.07, 6.45) is 5.31. The lowest BCUT2D eigenvalue weighted by atomic mass is 9.95. The van der Waals surface area contributed by atoms with Gasteiger partial charge in [0.05, 0.1) is 16.9 Å². The Hall–Kier alpha value is -2.72. The SMILES string of the molecule is NC(=O)c1ccsc1NC(=O)CSc1nnc(-c2ccccc2F)n1C1CCCCC1. The van der Waals surface area contributed by atoms with Crippen molar-refractivity contribution in [1.82, 2.24) is 14.8 Å². The predicted molar refractivity (Wildman–Crippen MR) is 120 cm³/mol. The van der Waals surface area contributed by atoms with E-state index in [0.29, 0.717) is 21.5 Å².